The van der Waals surface area contributed by atoms with Crippen molar-refractivity contribution in [2.75, 3.05) is 19.8 Å². The van der Waals surface area contributed by atoms with Gasteiger partial charge >= 0.3 is 0 Å². The second kappa shape index (κ2) is 6.54. The minimum atomic E-state index is 0.0233. The van der Waals surface area contributed by atoms with Gasteiger partial charge in [0.2, 0.25) is 0 Å². The maximum absolute atomic E-state index is 5.77. The van der Waals surface area contributed by atoms with Gasteiger partial charge < -0.3 is 14.8 Å². The summed E-state index contributed by atoms with van der Waals surface area (Å²) in [6.07, 6.45) is 4.24. The van der Waals surface area contributed by atoms with Gasteiger partial charge in [0.1, 0.15) is 6.33 Å². The molecule has 2 heterocycles. The van der Waals surface area contributed by atoms with Gasteiger partial charge in [0.15, 0.2) is 11.5 Å². The van der Waals surface area contributed by atoms with E-state index in [2.05, 4.69) is 28.3 Å². The summed E-state index contributed by atoms with van der Waals surface area (Å²) >= 11 is 0. The van der Waals surface area contributed by atoms with Crippen LogP contribution in [0.2, 0.25) is 0 Å². The van der Waals surface area contributed by atoms with Crippen LogP contribution in [0.5, 0.6) is 11.5 Å². The Morgan fingerprint density at radius 3 is 2.81 bits per heavy atom. The molecule has 1 atom stereocenters. The summed E-state index contributed by atoms with van der Waals surface area (Å²) in [5.74, 6) is 1.62. The third kappa shape index (κ3) is 3.13. The Kier molecular flexibility index (Phi) is 4.31. The van der Waals surface area contributed by atoms with Gasteiger partial charge in [0, 0.05) is 12.6 Å². The van der Waals surface area contributed by atoms with Gasteiger partial charge in [-0.25, -0.2) is 9.97 Å². The summed E-state index contributed by atoms with van der Waals surface area (Å²) in [4.78, 5) is 8.34. The standard InChI is InChI=1S/C16H19N3O2/c1-2-18-16(13-6-7-17-11-19-13)12-4-5-14-15(10-12)21-9-3-8-20-14/h4-7,10-11,16,18H,2-3,8-9H2,1H3. The third-order valence-corrected chi connectivity index (χ3v) is 3.41. The van der Waals surface area contributed by atoms with E-state index in [9.17, 15) is 0 Å². The molecule has 0 bridgehead atoms. The number of aromatic nitrogens is 2. The van der Waals surface area contributed by atoms with Crippen LogP contribution in [-0.2, 0) is 0 Å². The van der Waals surface area contributed by atoms with Crippen LogP contribution < -0.4 is 14.8 Å². The average molecular weight is 285 g/mol. The highest BCUT2D eigenvalue weighted by atomic mass is 16.5. The molecule has 21 heavy (non-hydrogen) atoms. The van der Waals surface area contributed by atoms with Crippen LogP contribution in [0.3, 0.4) is 0 Å². The molecule has 0 amide bonds. The Morgan fingerprint density at radius 2 is 2.05 bits per heavy atom. The van der Waals surface area contributed by atoms with E-state index in [-0.39, 0.29) is 6.04 Å². The molecule has 0 spiro atoms. The van der Waals surface area contributed by atoms with Crippen molar-refractivity contribution in [1.29, 1.82) is 0 Å². The molecule has 1 aliphatic heterocycles. The van der Waals surface area contributed by atoms with Crippen LogP contribution in [0.4, 0.5) is 0 Å². The molecule has 0 aliphatic carbocycles. The van der Waals surface area contributed by atoms with E-state index in [1.54, 1.807) is 12.5 Å². The maximum Gasteiger partial charge on any atom is 0.161 e. The Labute approximate surface area is 124 Å². The van der Waals surface area contributed by atoms with Gasteiger partial charge in [-0.3, -0.25) is 0 Å². The number of hydrogen-bond acceptors (Lipinski definition) is 5. The highest BCUT2D eigenvalue weighted by molar-refractivity contribution is 5.45. The van der Waals surface area contributed by atoms with Crippen molar-refractivity contribution < 1.29 is 9.47 Å². The molecule has 0 fully saturated rings. The van der Waals surface area contributed by atoms with Gasteiger partial charge in [-0.05, 0) is 30.3 Å². The lowest BCUT2D eigenvalue weighted by molar-refractivity contribution is 0.297. The van der Waals surface area contributed by atoms with Crippen molar-refractivity contribution in [3.63, 3.8) is 0 Å². The lowest BCUT2D eigenvalue weighted by Gasteiger charge is -2.19. The summed E-state index contributed by atoms with van der Waals surface area (Å²) in [5.41, 5.74) is 2.06. The highest BCUT2D eigenvalue weighted by Gasteiger charge is 2.18. The van der Waals surface area contributed by atoms with Crippen molar-refractivity contribution in [3.05, 3.63) is 48.0 Å². The average Bonchev–Trinajstić information content (AvgIpc) is 2.78. The first-order valence-corrected chi connectivity index (χ1v) is 7.27. The summed E-state index contributed by atoms with van der Waals surface area (Å²) in [6, 6.07) is 8.02. The topological polar surface area (TPSA) is 56.3 Å². The lowest BCUT2D eigenvalue weighted by Crippen LogP contribution is -2.23. The first kappa shape index (κ1) is 13.8. The Balaban J connectivity index is 1.94. The number of nitrogens with one attached hydrogen (secondary N) is 1. The van der Waals surface area contributed by atoms with Crippen molar-refractivity contribution >= 4 is 0 Å². The zero-order valence-corrected chi connectivity index (χ0v) is 12.1. The molecule has 0 radical (unpaired) electrons. The van der Waals surface area contributed by atoms with E-state index < -0.39 is 0 Å². The molecule has 110 valence electrons. The SMILES string of the molecule is CCNC(c1ccc2c(c1)OCCCO2)c1ccncn1. The molecule has 5 heteroatoms. The minimum Gasteiger partial charge on any atom is -0.490 e. The van der Waals surface area contributed by atoms with Gasteiger partial charge in [-0.15, -0.1) is 0 Å². The predicted molar refractivity (Wildman–Crippen MR) is 79.6 cm³/mol. The Hall–Kier alpha value is -2.14. The van der Waals surface area contributed by atoms with E-state index in [0.717, 1.165) is 35.7 Å². The van der Waals surface area contributed by atoms with E-state index in [0.29, 0.717) is 13.2 Å². The van der Waals surface area contributed by atoms with Crippen LogP contribution in [0.25, 0.3) is 0 Å². The number of fused-ring (bicyclic) bond motifs is 1. The Morgan fingerprint density at radius 1 is 1.19 bits per heavy atom. The molecule has 1 unspecified atom stereocenters. The van der Waals surface area contributed by atoms with E-state index in [1.807, 2.05) is 18.2 Å². The number of hydrogen-bond donors (Lipinski definition) is 1. The van der Waals surface area contributed by atoms with E-state index >= 15 is 0 Å². The summed E-state index contributed by atoms with van der Waals surface area (Å²) in [7, 11) is 0. The van der Waals surface area contributed by atoms with Gasteiger partial charge in [-0.2, -0.15) is 0 Å². The van der Waals surface area contributed by atoms with E-state index in [4.69, 9.17) is 9.47 Å². The first-order valence-electron chi connectivity index (χ1n) is 7.27. The van der Waals surface area contributed by atoms with Crippen molar-refractivity contribution in [3.8, 4) is 11.5 Å². The lowest BCUT2D eigenvalue weighted by atomic mass is 10.0. The second-order valence-corrected chi connectivity index (χ2v) is 4.88. The number of ether oxygens (including phenoxy) is 2. The smallest absolute Gasteiger partial charge is 0.161 e. The molecule has 2 aromatic rings. The van der Waals surface area contributed by atoms with E-state index in [1.165, 1.54) is 0 Å². The fourth-order valence-electron chi connectivity index (χ4n) is 2.43. The van der Waals surface area contributed by atoms with Gasteiger partial charge in [-0.1, -0.05) is 13.0 Å². The molecule has 1 aromatic heterocycles. The predicted octanol–water partition coefficient (Wildman–Crippen LogP) is 2.34. The minimum absolute atomic E-state index is 0.0233. The molecule has 0 saturated carbocycles. The molecule has 0 saturated heterocycles. The zero-order chi connectivity index (χ0) is 14.5. The highest BCUT2D eigenvalue weighted by Crippen LogP contribution is 2.33. The van der Waals surface area contributed by atoms with Crippen molar-refractivity contribution in [2.24, 2.45) is 0 Å². The van der Waals surface area contributed by atoms with Gasteiger partial charge in [0.05, 0.1) is 24.9 Å². The largest absolute Gasteiger partial charge is 0.490 e. The quantitative estimate of drug-likeness (QED) is 0.934. The Bertz CT molecular complexity index is 589. The monoisotopic (exact) mass is 285 g/mol. The molecular formula is C16H19N3O2. The van der Waals surface area contributed by atoms with Gasteiger partial charge in [0.25, 0.3) is 0 Å². The van der Waals surface area contributed by atoms with Crippen molar-refractivity contribution in [1.82, 2.24) is 15.3 Å². The fraction of sp³-hybridized carbons (Fsp3) is 0.375. The molecule has 1 N–H and O–H groups in total. The zero-order valence-electron chi connectivity index (χ0n) is 12.1. The third-order valence-electron chi connectivity index (χ3n) is 3.41. The molecule has 1 aliphatic rings. The fourth-order valence-corrected chi connectivity index (χ4v) is 2.43. The van der Waals surface area contributed by atoms with Crippen LogP contribution in [0.15, 0.2) is 36.8 Å². The molecule has 1 aromatic carbocycles. The number of nitrogens with zero attached hydrogens (tertiary/aromatic N) is 2. The maximum atomic E-state index is 5.77. The van der Waals surface area contributed by atoms with Crippen LogP contribution in [-0.4, -0.2) is 29.7 Å². The molecule has 3 rings (SSSR count). The second-order valence-electron chi connectivity index (χ2n) is 4.88. The first-order chi connectivity index (χ1) is 10.4. The molecular weight excluding hydrogens is 266 g/mol. The van der Waals surface area contributed by atoms with Crippen LogP contribution in [0, 0.1) is 0 Å². The van der Waals surface area contributed by atoms with Crippen LogP contribution >= 0.6 is 0 Å². The number of benzene rings is 1. The van der Waals surface area contributed by atoms with Crippen LogP contribution in [0.1, 0.15) is 30.6 Å². The van der Waals surface area contributed by atoms with Crippen molar-refractivity contribution in [2.45, 2.75) is 19.4 Å². The normalized spacial score (nSPS) is 15.3. The summed E-state index contributed by atoms with van der Waals surface area (Å²) < 4.78 is 11.4. The summed E-state index contributed by atoms with van der Waals surface area (Å²) in [5, 5.41) is 3.45. The molecule has 5 nitrogen and oxygen atoms in total. The summed E-state index contributed by atoms with van der Waals surface area (Å²) in [6.45, 7) is 4.32. The number of rotatable bonds is 4.